The lowest BCUT2D eigenvalue weighted by Crippen LogP contribution is -2.31. The van der Waals surface area contributed by atoms with E-state index in [1.807, 2.05) is 0 Å². The molecule has 0 saturated heterocycles. The number of hydrogen-bond donors (Lipinski definition) is 3. The second-order valence-electron chi connectivity index (χ2n) is 3.01. The van der Waals surface area contributed by atoms with Crippen LogP contribution in [0, 0.1) is 0 Å². The molecule has 5 nitrogen and oxygen atoms in total. The Morgan fingerprint density at radius 2 is 2.12 bits per heavy atom. The van der Waals surface area contributed by atoms with Gasteiger partial charge in [0.05, 0.1) is 6.61 Å². The van der Waals surface area contributed by atoms with Crippen LogP contribution in [0.1, 0.15) is 5.69 Å². The van der Waals surface area contributed by atoms with Gasteiger partial charge in [-0.05, 0) is 12.1 Å². The molecule has 3 N–H and O–H groups in total. The summed E-state index contributed by atoms with van der Waals surface area (Å²) in [4.78, 5) is 14.3. The molecule has 0 fully saturated rings. The average Bonchev–Trinajstić information content (AvgIpc) is 2.25. The molecular formula is C9H10F3N3O2. The number of hydrogen-bond acceptors (Lipinski definition) is 3. The Balaban J connectivity index is 2.69. The number of pyridine rings is 1. The van der Waals surface area contributed by atoms with Gasteiger partial charge in [-0.1, -0.05) is 6.07 Å². The molecule has 0 bridgehead atoms. The summed E-state index contributed by atoms with van der Waals surface area (Å²) in [5.74, 6) is -0.213. The molecule has 0 atom stereocenters. The molecule has 2 amide bonds. The zero-order valence-electron chi connectivity index (χ0n) is 8.58. The number of anilines is 1. The SMILES string of the molecule is O=C(NCCO)Nc1cccc(C(F)(F)F)n1. The quantitative estimate of drug-likeness (QED) is 0.753. The molecule has 1 aromatic heterocycles. The van der Waals surface area contributed by atoms with Gasteiger partial charge in [-0.25, -0.2) is 9.78 Å². The van der Waals surface area contributed by atoms with Gasteiger partial charge in [0, 0.05) is 6.54 Å². The Kier molecular flexibility index (Phi) is 4.27. The number of nitrogens with zero attached hydrogens (tertiary/aromatic N) is 1. The van der Waals surface area contributed by atoms with Crippen LogP contribution < -0.4 is 10.6 Å². The lowest BCUT2D eigenvalue weighted by Gasteiger charge is -2.09. The predicted molar refractivity (Wildman–Crippen MR) is 53.3 cm³/mol. The van der Waals surface area contributed by atoms with Crippen LogP contribution in [0.25, 0.3) is 0 Å². The molecular weight excluding hydrogens is 239 g/mol. The van der Waals surface area contributed by atoms with Crippen molar-refractivity contribution in [3.05, 3.63) is 23.9 Å². The van der Waals surface area contributed by atoms with E-state index < -0.39 is 17.9 Å². The summed E-state index contributed by atoms with van der Waals surface area (Å²) in [5.41, 5.74) is -1.09. The third kappa shape index (κ3) is 4.27. The van der Waals surface area contributed by atoms with Gasteiger partial charge in [-0.2, -0.15) is 13.2 Å². The lowest BCUT2D eigenvalue weighted by atomic mass is 10.3. The second-order valence-corrected chi connectivity index (χ2v) is 3.01. The molecule has 0 unspecified atom stereocenters. The van der Waals surface area contributed by atoms with Crippen molar-refractivity contribution in [1.82, 2.24) is 10.3 Å². The van der Waals surface area contributed by atoms with Crippen LogP contribution in [0.2, 0.25) is 0 Å². The molecule has 0 aliphatic carbocycles. The molecule has 0 spiro atoms. The zero-order valence-corrected chi connectivity index (χ0v) is 8.58. The summed E-state index contributed by atoms with van der Waals surface area (Å²) in [6, 6.07) is 2.44. The first kappa shape index (κ1) is 13.2. The monoisotopic (exact) mass is 249 g/mol. The van der Waals surface area contributed by atoms with Crippen LogP contribution in [0.15, 0.2) is 18.2 Å². The first-order valence-electron chi connectivity index (χ1n) is 4.63. The van der Waals surface area contributed by atoms with Crippen LogP contribution in [0.3, 0.4) is 0 Å². The number of nitrogens with one attached hydrogen (secondary N) is 2. The van der Waals surface area contributed by atoms with E-state index in [1.54, 1.807) is 0 Å². The van der Waals surface area contributed by atoms with E-state index in [-0.39, 0.29) is 19.0 Å². The van der Waals surface area contributed by atoms with Gasteiger partial charge < -0.3 is 10.4 Å². The molecule has 0 saturated carbocycles. The maximum atomic E-state index is 12.3. The maximum absolute atomic E-state index is 12.3. The van der Waals surface area contributed by atoms with Gasteiger partial charge in [0.2, 0.25) is 0 Å². The molecule has 1 aromatic rings. The highest BCUT2D eigenvalue weighted by Gasteiger charge is 2.32. The van der Waals surface area contributed by atoms with E-state index in [1.165, 1.54) is 6.07 Å². The molecule has 0 aromatic carbocycles. The van der Waals surface area contributed by atoms with Crippen molar-refractivity contribution in [3.63, 3.8) is 0 Å². The van der Waals surface area contributed by atoms with Crippen LogP contribution in [-0.2, 0) is 6.18 Å². The van der Waals surface area contributed by atoms with Crippen molar-refractivity contribution in [2.24, 2.45) is 0 Å². The van der Waals surface area contributed by atoms with Crippen molar-refractivity contribution in [2.45, 2.75) is 6.18 Å². The van der Waals surface area contributed by atoms with Gasteiger partial charge in [0.1, 0.15) is 11.5 Å². The third-order valence-electron chi connectivity index (χ3n) is 1.68. The maximum Gasteiger partial charge on any atom is 0.433 e. The molecule has 8 heteroatoms. The normalized spacial score (nSPS) is 11.1. The van der Waals surface area contributed by atoms with Crippen LogP contribution in [0.5, 0.6) is 0 Å². The number of halogens is 3. The summed E-state index contributed by atoms with van der Waals surface area (Å²) < 4.78 is 36.9. The summed E-state index contributed by atoms with van der Waals surface area (Å²) in [7, 11) is 0. The number of rotatable bonds is 3. The smallest absolute Gasteiger partial charge is 0.395 e. The van der Waals surface area contributed by atoms with E-state index in [0.717, 1.165) is 12.1 Å². The Labute approximate surface area is 94.7 Å². The number of carbonyl (C=O) groups is 1. The van der Waals surface area contributed by atoms with Crippen molar-refractivity contribution in [1.29, 1.82) is 0 Å². The fraction of sp³-hybridized carbons (Fsp3) is 0.333. The van der Waals surface area contributed by atoms with E-state index >= 15 is 0 Å². The fourth-order valence-electron chi connectivity index (χ4n) is 0.992. The largest absolute Gasteiger partial charge is 0.433 e. The van der Waals surface area contributed by atoms with Gasteiger partial charge in [0.25, 0.3) is 0 Å². The fourth-order valence-corrected chi connectivity index (χ4v) is 0.992. The number of alkyl halides is 3. The lowest BCUT2D eigenvalue weighted by molar-refractivity contribution is -0.141. The summed E-state index contributed by atoms with van der Waals surface area (Å²) in [6.07, 6.45) is -4.56. The van der Waals surface area contributed by atoms with Gasteiger partial charge >= 0.3 is 12.2 Å². The number of carbonyl (C=O) groups excluding carboxylic acids is 1. The van der Waals surface area contributed by atoms with Crippen LogP contribution in [-0.4, -0.2) is 29.3 Å². The van der Waals surface area contributed by atoms with Crippen molar-refractivity contribution in [2.75, 3.05) is 18.5 Å². The minimum Gasteiger partial charge on any atom is -0.395 e. The van der Waals surface area contributed by atoms with E-state index in [2.05, 4.69) is 15.6 Å². The van der Waals surface area contributed by atoms with Crippen LogP contribution >= 0.6 is 0 Å². The van der Waals surface area contributed by atoms with E-state index in [0.29, 0.717) is 0 Å². The Morgan fingerprint density at radius 3 is 2.71 bits per heavy atom. The van der Waals surface area contributed by atoms with Gasteiger partial charge in [-0.3, -0.25) is 5.32 Å². The van der Waals surface area contributed by atoms with Crippen molar-refractivity contribution in [3.8, 4) is 0 Å². The highest BCUT2D eigenvalue weighted by Crippen LogP contribution is 2.27. The summed E-state index contributed by atoms with van der Waals surface area (Å²) >= 11 is 0. The first-order chi connectivity index (χ1) is 7.93. The Hall–Kier alpha value is -1.83. The summed E-state index contributed by atoms with van der Waals surface area (Å²) in [6.45, 7) is -0.256. The molecule has 0 aliphatic heterocycles. The van der Waals surface area contributed by atoms with E-state index in [9.17, 15) is 18.0 Å². The van der Waals surface area contributed by atoms with Gasteiger partial charge in [0.15, 0.2) is 0 Å². The van der Waals surface area contributed by atoms with Crippen molar-refractivity contribution < 1.29 is 23.1 Å². The standard InChI is InChI=1S/C9H10F3N3O2/c10-9(11,12)6-2-1-3-7(14-6)15-8(17)13-4-5-16/h1-3,16H,4-5H2,(H2,13,14,15,17). The minimum atomic E-state index is -4.56. The predicted octanol–water partition coefficient (Wildman–Crippen LogP) is 1.21. The third-order valence-corrected chi connectivity index (χ3v) is 1.68. The molecule has 0 radical (unpaired) electrons. The van der Waals surface area contributed by atoms with E-state index in [4.69, 9.17) is 5.11 Å². The molecule has 0 aliphatic rings. The number of urea groups is 1. The molecule has 17 heavy (non-hydrogen) atoms. The highest BCUT2D eigenvalue weighted by atomic mass is 19.4. The highest BCUT2D eigenvalue weighted by molar-refractivity contribution is 5.88. The zero-order chi connectivity index (χ0) is 12.9. The van der Waals surface area contributed by atoms with Crippen LogP contribution in [0.4, 0.5) is 23.8 Å². The second kappa shape index (κ2) is 5.48. The van der Waals surface area contributed by atoms with Gasteiger partial charge in [-0.15, -0.1) is 0 Å². The molecule has 94 valence electrons. The molecule has 1 rings (SSSR count). The number of aliphatic hydroxyl groups excluding tert-OH is 1. The number of aromatic nitrogens is 1. The first-order valence-corrected chi connectivity index (χ1v) is 4.63. The number of amides is 2. The topological polar surface area (TPSA) is 74.2 Å². The molecule has 1 heterocycles. The Bertz CT molecular complexity index is 395. The number of aliphatic hydroxyl groups is 1. The minimum absolute atomic E-state index is 0.00476. The van der Waals surface area contributed by atoms with Crippen molar-refractivity contribution >= 4 is 11.8 Å². The Morgan fingerprint density at radius 1 is 1.41 bits per heavy atom. The average molecular weight is 249 g/mol. The summed E-state index contributed by atoms with van der Waals surface area (Å²) in [5, 5.41) is 12.8.